The van der Waals surface area contributed by atoms with Crippen molar-refractivity contribution in [2.45, 2.75) is 40.2 Å². The summed E-state index contributed by atoms with van der Waals surface area (Å²) >= 11 is 0. The molecule has 0 aliphatic rings. The molecule has 0 saturated carbocycles. The number of nitrogens with one attached hydrogen (secondary N) is 2. The standard InChI is InChI=1S/C14H27N5/c1-6-12(4)19(5)9-8-16-13-11(3)10-17-14(18-13)15-7-2/h10,12H,6-9H2,1-5H3,(H2,15,16,17,18). The Bertz CT molecular complexity index is 380. The van der Waals surface area contributed by atoms with Gasteiger partial charge in [0.05, 0.1) is 0 Å². The summed E-state index contributed by atoms with van der Waals surface area (Å²) in [7, 11) is 2.16. The summed E-state index contributed by atoms with van der Waals surface area (Å²) < 4.78 is 0. The predicted molar refractivity (Wildman–Crippen MR) is 81.8 cm³/mol. The van der Waals surface area contributed by atoms with Crippen molar-refractivity contribution < 1.29 is 0 Å². The van der Waals surface area contributed by atoms with E-state index >= 15 is 0 Å². The van der Waals surface area contributed by atoms with Crippen molar-refractivity contribution in [3.05, 3.63) is 11.8 Å². The number of nitrogens with zero attached hydrogens (tertiary/aromatic N) is 3. The summed E-state index contributed by atoms with van der Waals surface area (Å²) in [4.78, 5) is 11.1. The molecule has 1 heterocycles. The zero-order valence-corrected chi connectivity index (χ0v) is 12.8. The summed E-state index contributed by atoms with van der Waals surface area (Å²) in [6.45, 7) is 11.3. The molecular weight excluding hydrogens is 238 g/mol. The van der Waals surface area contributed by atoms with Crippen LogP contribution < -0.4 is 10.6 Å². The highest BCUT2D eigenvalue weighted by molar-refractivity contribution is 5.46. The Morgan fingerprint density at radius 2 is 2.05 bits per heavy atom. The fraction of sp³-hybridized carbons (Fsp3) is 0.714. The van der Waals surface area contributed by atoms with E-state index in [-0.39, 0.29) is 0 Å². The second-order valence-corrected chi connectivity index (χ2v) is 4.92. The largest absolute Gasteiger partial charge is 0.368 e. The van der Waals surface area contributed by atoms with Gasteiger partial charge in [-0.2, -0.15) is 4.98 Å². The Hall–Kier alpha value is -1.36. The smallest absolute Gasteiger partial charge is 0.224 e. The molecule has 1 rings (SSSR count). The zero-order valence-electron chi connectivity index (χ0n) is 12.8. The second kappa shape index (κ2) is 7.94. The highest BCUT2D eigenvalue weighted by Crippen LogP contribution is 2.12. The van der Waals surface area contributed by atoms with Gasteiger partial charge in [0.25, 0.3) is 0 Å². The minimum Gasteiger partial charge on any atom is -0.368 e. The molecule has 2 N–H and O–H groups in total. The first kappa shape index (κ1) is 15.7. The van der Waals surface area contributed by atoms with Crippen LogP contribution in [-0.4, -0.2) is 47.6 Å². The number of hydrogen-bond donors (Lipinski definition) is 2. The molecule has 0 aliphatic carbocycles. The number of rotatable bonds is 8. The number of anilines is 2. The molecule has 108 valence electrons. The van der Waals surface area contributed by atoms with Crippen LogP contribution in [0.4, 0.5) is 11.8 Å². The molecule has 1 atom stereocenters. The van der Waals surface area contributed by atoms with Crippen molar-refractivity contribution in [3.8, 4) is 0 Å². The van der Waals surface area contributed by atoms with Gasteiger partial charge in [-0.3, -0.25) is 0 Å². The Morgan fingerprint density at radius 1 is 1.32 bits per heavy atom. The SMILES string of the molecule is CCNc1ncc(C)c(NCCN(C)C(C)CC)n1. The second-order valence-electron chi connectivity index (χ2n) is 4.92. The fourth-order valence-electron chi connectivity index (χ4n) is 1.75. The van der Waals surface area contributed by atoms with E-state index in [0.29, 0.717) is 12.0 Å². The van der Waals surface area contributed by atoms with Gasteiger partial charge in [-0.25, -0.2) is 4.98 Å². The summed E-state index contributed by atoms with van der Waals surface area (Å²) in [5.74, 6) is 1.61. The molecule has 0 saturated heterocycles. The van der Waals surface area contributed by atoms with Crippen molar-refractivity contribution in [1.82, 2.24) is 14.9 Å². The van der Waals surface area contributed by atoms with E-state index in [0.717, 1.165) is 31.0 Å². The monoisotopic (exact) mass is 265 g/mol. The van der Waals surface area contributed by atoms with Gasteiger partial charge in [0.1, 0.15) is 5.82 Å². The molecule has 0 radical (unpaired) electrons. The first-order valence-electron chi connectivity index (χ1n) is 7.10. The zero-order chi connectivity index (χ0) is 14.3. The molecule has 0 fully saturated rings. The van der Waals surface area contributed by atoms with Gasteiger partial charge in [-0.15, -0.1) is 0 Å². The van der Waals surface area contributed by atoms with Crippen molar-refractivity contribution in [2.75, 3.05) is 37.3 Å². The molecule has 0 spiro atoms. The van der Waals surface area contributed by atoms with Crippen LogP contribution in [0.15, 0.2) is 6.20 Å². The van der Waals surface area contributed by atoms with Crippen molar-refractivity contribution in [3.63, 3.8) is 0 Å². The highest BCUT2D eigenvalue weighted by atomic mass is 15.2. The maximum atomic E-state index is 4.47. The Labute approximate surface area is 116 Å². The third-order valence-electron chi connectivity index (χ3n) is 3.41. The highest BCUT2D eigenvalue weighted by Gasteiger charge is 2.07. The number of hydrogen-bond acceptors (Lipinski definition) is 5. The Kier molecular flexibility index (Phi) is 6.56. The molecule has 0 amide bonds. The van der Waals surface area contributed by atoms with Gasteiger partial charge >= 0.3 is 0 Å². The van der Waals surface area contributed by atoms with Gasteiger partial charge in [-0.05, 0) is 34.2 Å². The summed E-state index contributed by atoms with van der Waals surface area (Å²) in [6, 6.07) is 0.616. The van der Waals surface area contributed by atoms with Crippen LogP contribution in [-0.2, 0) is 0 Å². The topological polar surface area (TPSA) is 53.1 Å². The quantitative estimate of drug-likeness (QED) is 0.755. The van der Waals surface area contributed by atoms with E-state index in [1.54, 1.807) is 0 Å². The van der Waals surface area contributed by atoms with E-state index in [4.69, 9.17) is 0 Å². The Balaban J connectivity index is 2.50. The van der Waals surface area contributed by atoms with Crippen LogP contribution >= 0.6 is 0 Å². The first-order chi connectivity index (χ1) is 9.08. The molecule has 1 aromatic heterocycles. The third kappa shape index (κ3) is 5.03. The summed E-state index contributed by atoms with van der Waals surface area (Å²) in [5, 5.41) is 6.52. The van der Waals surface area contributed by atoms with Crippen LogP contribution in [0.5, 0.6) is 0 Å². The van der Waals surface area contributed by atoms with Crippen LogP contribution in [0.3, 0.4) is 0 Å². The minimum absolute atomic E-state index is 0.616. The molecule has 5 heteroatoms. The molecule has 1 unspecified atom stereocenters. The molecule has 0 aliphatic heterocycles. The van der Waals surface area contributed by atoms with Crippen LogP contribution in [0.2, 0.25) is 0 Å². The lowest BCUT2D eigenvalue weighted by Crippen LogP contribution is -2.32. The average molecular weight is 265 g/mol. The van der Waals surface area contributed by atoms with E-state index in [2.05, 4.69) is 46.4 Å². The fourth-order valence-corrected chi connectivity index (χ4v) is 1.75. The average Bonchev–Trinajstić information content (AvgIpc) is 2.41. The van der Waals surface area contributed by atoms with Crippen molar-refractivity contribution in [1.29, 1.82) is 0 Å². The molecular formula is C14H27N5. The molecule has 0 bridgehead atoms. The van der Waals surface area contributed by atoms with Gasteiger partial charge in [0, 0.05) is 37.4 Å². The van der Waals surface area contributed by atoms with E-state index in [1.165, 1.54) is 6.42 Å². The van der Waals surface area contributed by atoms with E-state index in [1.807, 2.05) is 20.0 Å². The summed E-state index contributed by atoms with van der Waals surface area (Å²) in [5.41, 5.74) is 1.08. The number of likely N-dealkylation sites (N-methyl/N-ethyl adjacent to an activating group) is 1. The normalized spacial score (nSPS) is 12.5. The molecule has 19 heavy (non-hydrogen) atoms. The van der Waals surface area contributed by atoms with Gasteiger partial charge in [0.15, 0.2) is 0 Å². The lowest BCUT2D eigenvalue weighted by Gasteiger charge is -2.23. The van der Waals surface area contributed by atoms with Gasteiger partial charge in [-0.1, -0.05) is 6.92 Å². The molecule has 1 aromatic rings. The number of aryl methyl sites for hydroxylation is 1. The van der Waals surface area contributed by atoms with Crippen LogP contribution in [0, 0.1) is 6.92 Å². The summed E-state index contributed by atoms with van der Waals surface area (Å²) in [6.07, 6.45) is 3.03. The van der Waals surface area contributed by atoms with E-state index < -0.39 is 0 Å². The van der Waals surface area contributed by atoms with Gasteiger partial charge < -0.3 is 15.5 Å². The maximum Gasteiger partial charge on any atom is 0.224 e. The number of aromatic nitrogens is 2. The predicted octanol–water partition coefficient (Wildman–Crippen LogP) is 2.36. The first-order valence-corrected chi connectivity index (χ1v) is 7.10. The lowest BCUT2D eigenvalue weighted by molar-refractivity contribution is 0.261. The molecule has 5 nitrogen and oxygen atoms in total. The van der Waals surface area contributed by atoms with Crippen molar-refractivity contribution >= 4 is 11.8 Å². The van der Waals surface area contributed by atoms with Crippen LogP contribution in [0.25, 0.3) is 0 Å². The van der Waals surface area contributed by atoms with Gasteiger partial charge in [0.2, 0.25) is 5.95 Å². The third-order valence-corrected chi connectivity index (χ3v) is 3.41. The minimum atomic E-state index is 0.616. The lowest BCUT2D eigenvalue weighted by atomic mass is 10.2. The van der Waals surface area contributed by atoms with E-state index in [9.17, 15) is 0 Å². The molecule has 0 aromatic carbocycles. The Morgan fingerprint density at radius 3 is 2.68 bits per heavy atom. The van der Waals surface area contributed by atoms with Crippen molar-refractivity contribution in [2.24, 2.45) is 0 Å². The van der Waals surface area contributed by atoms with Crippen LogP contribution in [0.1, 0.15) is 32.8 Å². The maximum absolute atomic E-state index is 4.47.